The normalized spacial score (nSPS) is 11.5. The van der Waals surface area contributed by atoms with Gasteiger partial charge in [-0.1, -0.05) is 23.7 Å². The number of ether oxygens (including phenoxy) is 2. The van der Waals surface area contributed by atoms with E-state index in [9.17, 15) is 9.59 Å². The first-order chi connectivity index (χ1) is 14.3. The second kappa shape index (κ2) is 9.46. The summed E-state index contributed by atoms with van der Waals surface area (Å²) in [6, 6.07) is 18.9. The fraction of sp³-hybridized carbons (Fsp3) is 0.167. The summed E-state index contributed by atoms with van der Waals surface area (Å²) in [4.78, 5) is 24.7. The lowest BCUT2D eigenvalue weighted by Gasteiger charge is -2.16. The van der Waals surface area contributed by atoms with Gasteiger partial charge in [0.15, 0.2) is 6.10 Å². The minimum Gasteiger partial charge on any atom is -0.479 e. The highest BCUT2D eigenvalue weighted by atomic mass is 35.5. The van der Waals surface area contributed by atoms with Crippen LogP contribution in [0.2, 0.25) is 5.02 Å². The Kier molecular flexibility index (Phi) is 6.75. The van der Waals surface area contributed by atoms with E-state index in [1.807, 2.05) is 32.0 Å². The van der Waals surface area contributed by atoms with Gasteiger partial charge in [0.05, 0.1) is 0 Å². The Morgan fingerprint density at radius 3 is 2.27 bits per heavy atom. The molecule has 0 aliphatic rings. The molecule has 0 bridgehead atoms. The lowest BCUT2D eigenvalue weighted by molar-refractivity contribution is -0.141. The van der Waals surface area contributed by atoms with Crippen molar-refractivity contribution in [3.63, 3.8) is 0 Å². The van der Waals surface area contributed by atoms with Gasteiger partial charge in [-0.3, -0.25) is 4.79 Å². The molecule has 0 heterocycles. The smallest absolute Gasteiger partial charge is 0.352 e. The first-order valence-corrected chi connectivity index (χ1v) is 9.82. The van der Waals surface area contributed by atoms with Gasteiger partial charge in [-0.25, -0.2) is 4.79 Å². The van der Waals surface area contributed by atoms with Crippen molar-refractivity contribution in [1.29, 1.82) is 0 Å². The third kappa shape index (κ3) is 5.61. The fourth-order valence-corrected chi connectivity index (χ4v) is 2.81. The maximum Gasteiger partial charge on any atom is 0.352 e. The van der Waals surface area contributed by atoms with Crippen molar-refractivity contribution < 1.29 is 19.1 Å². The number of benzene rings is 3. The van der Waals surface area contributed by atoms with Gasteiger partial charge in [0.25, 0.3) is 5.91 Å². The summed E-state index contributed by atoms with van der Waals surface area (Å²) in [6.45, 7) is 5.51. The third-order valence-corrected chi connectivity index (χ3v) is 4.67. The number of anilines is 1. The van der Waals surface area contributed by atoms with Gasteiger partial charge in [0.1, 0.15) is 11.5 Å². The summed E-state index contributed by atoms with van der Waals surface area (Å²) >= 11 is 5.84. The molecule has 0 saturated carbocycles. The van der Waals surface area contributed by atoms with E-state index in [0.717, 1.165) is 11.1 Å². The number of aryl methyl sites for hydroxylation is 2. The number of esters is 1. The van der Waals surface area contributed by atoms with Crippen LogP contribution in [-0.4, -0.2) is 18.0 Å². The van der Waals surface area contributed by atoms with Crippen LogP contribution in [0.1, 0.15) is 28.4 Å². The summed E-state index contributed by atoms with van der Waals surface area (Å²) in [5.74, 6) is 0.184. The Labute approximate surface area is 180 Å². The molecule has 30 heavy (non-hydrogen) atoms. The number of hydrogen-bond acceptors (Lipinski definition) is 4. The van der Waals surface area contributed by atoms with Crippen molar-refractivity contribution in [1.82, 2.24) is 0 Å². The number of halogens is 1. The highest BCUT2D eigenvalue weighted by Gasteiger charge is 2.18. The van der Waals surface area contributed by atoms with Crippen molar-refractivity contribution in [2.24, 2.45) is 0 Å². The van der Waals surface area contributed by atoms with Gasteiger partial charge >= 0.3 is 5.97 Å². The van der Waals surface area contributed by atoms with E-state index >= 15 is 0 Å². The molecule has 0 aromatic heterocycles. The molecule has 0 saturated heterocycles. The molecule has 1 atom stereocenters. The molecule has 0 aliphatic heterocycles. The van der Waals surface area contributed by atoms with E-state index in [1.54, 1.807) is 55.5 Å². The maximum atomic E-state index is 12.4. The largest absolute Gasteiger partial charge is 0.479 e. The number of carbonyl (C=O) groups excluding carboxylic acids is 2. The predicted octanol–water partition coefficient (Wildman–Crippen LogP) is 5.58. The minimum atomic E-state index is -0.779. The van der Waals surface area contributed by atoms with Gasteiger partial charge in [-0.05, 0) is 86.5 Å². The lowest BCUT2D eigenvalue weighted by atomic mass is 10.1. The summed E-state index contributed by atoms with van der Waals surface area (Å²) in [5.41, 5.74) is 3.06. The Balaban J connectivity index is 1.59. The zero-order valence-electron chi connectivity index (χ0n) is 16.9. The SMILES string of the molecule is Cc1ccc(C)c(OC(C)C(=O)Oc2ccc(C(=O)Nc3ccc(Cl)cc3)cc2)c1. The molecule has 3 aromatic carbocycles. The molecule has 0 radical (unpaired) electrons. The van der Waals surface area contributed by atoms with Crippen LogP contribution in [0, 0.1) is 13.8 Å². The van der Waals surface area contributed by atoms with E-state index < -0.39 is 12.1 Å². The first kappa shape index (κ1) is 21.4. The summed E-state index contributed by atoms with van der Waals surface area (Å²) in [7, 11) is 0. The summed E-state index contributed by atoms with van der Waals surface area (Å²) < 4.78 is 11.1. The van der Waals surface area contributed by atoms with Crippen LogP contribution in [0.25, 0.3) is 0 Å². The predicted molar refractivity (Wildman–Crippen MR) is 117 cm³/mol. The van der Waals surface area contributed by atoms with Gasteiger partial charge in [0.2, 0.25) is 0 Å². The average Bonchev–Trinajstić information content (AvgIpc) is 2.72. The third-order valence-electron chi connectivity index (χ3n) is 4.42. The number of rotatable bonds is 6. The maximum absolute atomic E-state index is 12.4. The van der Waals surface area contributed by atoms with Crippen LogP contribution in [0.5, 0.6) is 11.5 Å². The molecule has 1 unspecified atom stereocenters. The summed E-state index contributed by atoms with van der Waals surface area (Å²) in [5, 5.41) is 3.37. The van der Waals surface area contributed by atoms with Crippen LogP contribution >= 0.6 is 11.6 Å². The van der Waals surface area contributed by atoms with Crippen molar-refractivity contribution in [3.8, 4) is 11.5 Å². The van der Waals surface area contributed by atoms with E-state index in [0.29, 0.717) is 27.8 Å². The molecular formula is C24H22ClNO4. The van der Waals surface area contributed by atoms with Gasteiger partial charge in [0, 0.05) is 16.3 Å². The molecule has 154 valence electrons. The first-order valence-electron chi connectivity index (χ1n) is 9.44. The zero-order valence-corrected chi connectivity index (χ0v) is 17.7. The van der Waals surface area contributed by atoms with Crippen LogP contribution in [-0.2, 0) is 4.79 Å². The lowest BCUT2D eigenvalue weighted by Crippen LogP contribution is -2.28. The topological polar surface area (TPSA) is 64.6 Å². The Hall–Kier alpha value is -3.31. The van der Waals surface area contributed by atoms with Gasteiger partial charge in [-0.2, -0.15) is 0 Å². The van der Waals surface area contributed by atoms with Crippen molar-refractivity contribution in [2.45, 2.75) is 26.9 Å². The number of carbonyl (C=O) groups is 2. The molecular weight excluding hydrogens is 402 g/mol. The quantitative estimate of drug-likeness (QED) is 0.415. The Bertz CT molecular complexity index is 1050. The number of hydrogen-bond donors (Lipinski definition) is 1. The number of nitrogens with one attached hydrogen (secondary N) is 1. The minimum absolute atomic E-state index is 0.276. The molecule has 0 aliphatic carbocycles. The molecule has 3 aromatic rings. The van der Waals surface area contributed by atoms with Crippen molar-refractivity contribution in [3.05, 3.63) is 88.4 Å². The van der Waals surface area contributed by atoms with Crippen LogP contribution in [0.4, 0.5) is 5.69 Å². The highest BCUT2D eigenvalue weighted by molar-refractivity contribution is 6.30. The van der Waals surface area contributed by atoms with Crippen LogP contribution in [0.15, 0.2) is 66.7 Å². The molecule has 0 fully saturated rings. The van der Waals surface area contributed by atoms with E-state index in [-0.39, 0.29) is 5.91 Å². The van der Waals surface area contributed by atoms with Gasteiger partial charge in [-0.15, -0.1) is 0 Å². The van der Waals surface area contributed by atoms with E-state index in [1.165, 1.54) is 0 Å². The molecule has 0 spiro atoms. The molecule has 6 heteroatoms. The van der Waals surface area contributed by atoms with E-state index in [4.69, 9.17) is 21.1 Å². The van der Waals surface area contributed by atoms with Crippen LogP contribution in [0.3, 0.4) is 0 Å². The zero-order chi connectivity index (χ0) is 21.7. The van der Waals surface area contributed by atoms with Crippen molar-refractivity contribution >= 4 is 29.2 Å². The summed E-state index contributed by atoms with van der Waals surface area (Å²) in [6.07, 6.45) is -0.779. The fourth-order valence-electron chi connectivity index (χ4n) is 2.68. The second-order valence-electron chi connectivity index (χ2n) is 6.94. The standard InChI is InChI=1S/C24H22ClNO4/c1-15-4-5-16(2)22(14-15)29-17(3)24(28)30-21-12-6-18(7-13-21)23(27)26-20-10-8-19(25)9-11-20/h4-14,17H,1-3H3,(H,26,27). The molecule has 1 amide bonds. The monoisotopic (exact) mass is 423 g/mol. The Morgan fingerprint density at radius 2 is 1.60 bits per heavy atom. The van der Waals surface area contributed by atoms with Gasteiger partial charge < -0.3 is 14.8 Å². The molecule has 1 N–H and O–H groups in total. The van der Waals surface area contributed by atoms with E-state index in [2.05, 4.69) is 5.32 Å². The second-order valence-corrected chi connectivity index (χ2v) is 7.37. The van der Waals surface area contributed by atoms with Crippen LogP contribution < -0.4 is 14.8 Å². The number of amides is 1. The molecule has 3 rings (SSSR count). The molecule has 5 nitrogen and oxygen atoms in total. The van der Waals surface area contributed by atoms with Crippen molar-refractivity contribution in [2.75, 3.05) is 5.32 Å². The Morgan fingerprint density at radius 1 is 0.933 bits per heavy atom. The average molecular weight is 424 g/mol. The highest BCUT2D eigenvalue weighted by Crippen LogP contribution is 2.22.